The topological polar surface area (TPSA) is 43.2 Å². The summed E-state index contributed by atoms with van der Waals surface area (Å²) in [4.78, 5) is 2.51. The molecule has 3 aliphatic heterocycles. The van der Waals surface area contributed by atoms with Crippen molar-refractivity contribution < 1.29 is 9.13 Å². The van der Waals surface area contributed by atoms with E-state index in [1.54, 1.807) is 0 Å². The van der Waals surface area contributed by atoms with Crippen LogP contribution in [0.5, 0.6) is 5.75 Å². The van der Waals surface area contributed by atoms with Crippen LogP contribution < -0.4 is 4.74 Å². The first kappa shape index (κ1) is 14.6. The summed E-state index contributed by atoms with van der Waals surface area (Å²) in [6.07, 6.45) is 4.54. The van der Waals surface area contributed by atoms with Gasteiger partial charge in [0.05, 0.1) is 12.2 Å². The summed E-state index contributed by atoms with van der Waals surface area (Å²) in [6.45, 7) is 3.11. The molecule has 122 valence electrons. The van der Waals surface area contributed by atoms with Crippen LogP contribution in [-0.2, 0) is 0 Å². The van der Waals surface area contributed by atoms with Crippen LogP contribution in [-0.4, -0.2) is 52.8 Å². The molecule has 0 N–H and O–H groups in total. The number of hydrogen-bond donors (Lipinski definition) is 0. The molecule has 5 nitrogen and oxygen atoms in total. The number of piperidine rings is 3. The van der Waals surface area contributed by atoms with Crippen molar-refractivity contribution in [2.75, 3.05) is 32.9 Å². The molecule has 6 heteroatoms. The lowest BCUT2D eigenvalue weighted by Crippen LogP contribution is -2.48. The van der Waals surface area contributed by atoms with E-state index in [4.69, 9.17) is 4.74 Å². The van der Waals surface area contributed by atoms with E-state index in [0.29, 0.717) is 17.7 Å². The lowest BCUT2D eigenvalue weighted by atomic mass is 9.84. The molecule has 1 aromatic carbocycles. The van der Waals surface area contributed by atoms with E-state index in [2.05, 4.69) is 15.2 Å². The van der Waals surface area contributed by atoms with Crippen molar-refractivity contribution in [3.63, 3.8) is 0 Å². The highest BCUT2D eigenvalue weighted by Crippen LogP contribution is 2.35. The van der Waals surface area contributed by atoms with Gasteiger partial charge in [-0.1, -0.05) is 17.3 Å². The van der Waals surface area contributed by atoms with E-state index >= 15 is 0 Å². The van der Waals surface area contributed by atoms with E-state index in [-0.39, 0.29) is 6.61 Å². The summed E-state index contributed by atoms with van der Waals surface area (Å²) < 4.78 is 19.6. The summed E-state index contributed by atoms with van der Waals surface area (Å²) in [5.41, 5.74) is 1.79. The zero-order valence-electron chi connectivity index (χ0n) is 13.1. The molecule has 4 heterocycles. The van der Waals surface area contributed by atoms with Crippen LogP contribution in [0.2, 0.25) is 0 Å². The number of aromatic nitrogens is 3. The summed E-state index contributed by atoms with van der Waals surface area (Å²) in [7, 11) is 0. The molecule has 2 aromatic rings. The number of fused-ring (bicyclic) bond motifs is 3. The first-order chi connectivity index (χ1) is 11.3. The minimum atomic E-state index is -0.486. The Morgan fingerprint density at radius 3 is 2.87 bits per heavy atom. The Hall–Kier alpha value is -1.95. The van der Waals surface area contributed by atoms with Crippen LogP contribution in [0.15, 0.2) is 30.5 Å². The Kier molecular flexibility index (Phi) is 3.99. The third-order valence-electron chi connectivity index (χ3n) is 4.95. The van der Waals surface area contributed by atoms with Crippen molar-refractivity contribution in [2.24, 2.45) is 5.92 Å². The Morgan fingerprint density at radius 1 is 1.26 bits per heavy atom. The predicted molar refractivity (Wildman–Crippen MR) is 85.1 cm³/mol. The zero-order chi connectivity index (χ0) is 15.6. The number of rotatable bonds is 5. The summed E-state index contributed by atoms with van der Waals surface area (Å²) in [6, 6.07) is 8.03. The average molecular weight is 316 g/mol. The van der Waals surface area contributed by atoms with E-state index < -0.39 is 6.67 Å². The highest BCUT2D eigenvalue weighted by molar-refractivity contribution is 5.59. The van der Waals surface area contributed by atoms with Crippen LogP contribution in [0.1, 0.15) is 18.9 Å². The van der Waals surface area contributed by atoms with Gasteiger partial charge in [0.25, 0.3) is 0 Å². The quantitative estimate of drug-likeness (QED) is 0.850. The van der Waals surface area contributed by atoms with Gasteiger partial charge in [0, 0.05) is 12.1 Å². The van der Waals surface area contributed by atoms with Gasteiger partial charge < -0.3 is 9.64 Å². The van der Waals surface area contributed by atoms with E-state index in [0.717, 1.165) is 17.8 Å². The smallest absolute Gasteiger partial charge is 0.123 e. The van der Waals surface area contributed by atoms with Gasteiger partial charge in [0.2, 0.25) is 0 Å². The maximum Gasteiger partial charge on any atom is 0.123 e. The number of halogens is 1. The Bertz CT molecular complexity index is 666. The maximum absolute atomic E-state index is 12.2. The third kappa shape index (κ3) is 2.95. The van der Waals surface area contributed by atoms with Gasteiger partial charge in [0.15, 0.2) is 0 Å². The molecule has 3 saturated heterocycles. The normalized spacial score (nSPS) is 26.4. The first-order valence-electron chi connectivity index (χ1n) is 8.27. The fourth-order valence-electron chi connectivity index (χ4n) is 3.71. The number of ether oxygens (including phenoxy) is 1. The second kappa shape index (κ2) is 6.28. The number of hydrogen-bond acceptors (Lipinski definition) is 4. The molecule has 0 amide bonds. The van der Waals surface area contributed by atoms with Crippen LogP contribution in [0.25, 0.3) is 11.3 Å². The lowest BCUT2D eigenvalue weighted by Gasteiger charge is -2.44. The molecule has 5 rings (SSSR count). The predicted octanol–water partition coefficient (Wildman–Crippen LogP) is 2.56. The highest BCUT2D eigenvalue weighted by atomic mass is 19.1. The molecule has 0 aliphatic carbocycles. The molecule has 0 spiro atoms. The molecular weight excluding hydrogens is 295 g/mol. The molecule has 1 aromatic heterocycles. The van der Waals surface area contributed by atoms with E-state index in [1.807, 2.05) is 35.1 Å². The van der Waals surface area contributed by atoms with Gasteiger partial charge in [-0.25, -0.2) is 9.07 Å². The Balaban J connectivity index is 1.54. The van der Waals surface area contributed by atoms with Gasteiger partial charge >= 0.3 is 0 Å². The van der Waals surface area contributed by atoms with Crippen molar-refractivity contribution in [3.05, 3.63) is 30.5 Å². The van der Waals surface area contributed by atoms with Gasteiger partial charge in [0.1, 0.15) is 24.7 Å². The number of benzene rings is 1. The Morgan fingerprint density at radius 2 is 2.13 bits per heavy atom. The van der Waals surface area contributed by atoms with Crippen molar-refractivity contribution in [1.82, 2.24) is 19.9 Å². The number of alkyl halides is 1. The second-order valence-electron chi connectivity index (χ2n) is 6.35. The monoisotopic (exact) mass is 316 g/mol. The van der Waals surface area contributed by atoms with Crippen LogP contribution >= 0.6 is 0 Å². The summed E-state index contributed by atoms with van der Waals surface area (Å²) >= 11 is 0. The molecule has 1 atom stereocenters. The summed E-state index contributed by atoms with van der Waals surface area (Å²) in [5.74, 6) is 1.38. The Labute approximate surface area is 135 Å². The van der Waals surface area contributed by atoms with Crippen LogP contribution in [0.4, 0.5) is 4.39 Å². The molecular formula is C17H21FN4O. The fourth-order valence-corrected chi connectivity index (χ4v) is 3.71. The van der Waals surface area contributed by atoms with Crippen LogP contribution in [0.3, 0.4) is 0 Å². The van der Waals surface area contributed by atoms with Gasteiger partial charge in [-0.15, -0.1) is 5.10 Å². The second-order valence-corrected chi connectivity index (χ2v) is 6.35. The van der Waals surface area contributed by atoms with Gasteiger partial charge in [-0.2, -0.15) is 0 Å². The SMILES string of the molecule is FCCOc1cccc(-c2cn([C@@H]3CN4CCC3CC4)nn2)c1. The standard InChI is InChI=1S/C17H21FN4O/c18-6-9-23-15-3-1-2-14(10-15)16-11-22(20-19-16)17-12-21-7-4-13(17)5-8-21/h1-3,10-11,13,17H,4-9,12H2/t17-/m1/s1. The lowest BCUT2D eigenvalue weighted by molar-refractivity contribution is 0.0504. The van der Waals surface area contributed by atoms with Crippen molar-refractivity contribution in [1.29, 1.82) is 0 Å². The zero-order valence-corrected chi connectivity index (χ0v) is 13.1. The fraction of sp³-hybridized carbons (Fsp3) is 0.529. The molecule has 0 unspecified atom stereocenters. The highest BCUT2D eigenvalue weighted by Gasteiger charge is 2.35. The maximum atomic E-state index is 12.2. The summed E-state index contributed by atoms with van der Waals surface area (Å²) in [5, 5.41) is 8.70. The molecule has 3 fully saturated rings. The number of nitrogens with zero attached hydrogens (tertiary/aromatic N) is 4. The van der Waals surface area contributed by atoms with Crippen molar-refractivity contribution >= 4 is 0 Å². The molecule has 2 bridgehead atoms. The van der Waals surface area contributed by atoms with E-state index in [1.165, 1.54) is 25.9 Å². The van der Waals surface area contributed by atoms with Crippen LogP contribution in [0, 0.1) is 5.92 Å². The average Bonchev–Trinajstić information content (AvgIpc) is 3.11. The third-order valence-corrected chi connectivity index (χ3v) is 4.95. The molecule has 3 aliphatic rings. The largest absolute Gasteiger partial charge is 0.491 e. The first-order valence-corrected chi connectivity index (χ1v) is 8.27. The van der Waals surface area contributed by atoms with Gasteiger partial charge in [-0.3, -0.25) is 0 Å². The minimum absolute atomic E-state index is 0.0791. The van der Waals surface area contributed by atoms with Crippen molar-refractivity contribution in [2.45, 2.75) is 18.9 Å². The molecule has 0 radical (unpaired) electrons. The van der Waals surface area contributed by atoms with Crippen molar-refractivity contribution in [3.8, 4) is 17.0 Å². The minimum Gasteiger partial charge on any atom is -0.491 e. The van der Waals surface area contributed by atoms with Gasteiger partial charge in [-0.05, 0) is 44.0 Å². The molecule has 0 saturated carbocycles. The molecule has 23 heavy (non-hydrogen) atoms. The van der Waals surface area contributed by atoms with E-state index in [9.17, 15) is 4.39 Å².